The first-order chi connectivity index (χ1) is 11.6. The Balaban J connectivity index is 1.66. The quantitative estimate of drug-likeness (QED) is 0.733. The maximum absolute atomic E-state index is 12.7. The molecule has 9 heteroatoms. The molecule has 0 aliphatic heterocycles. The van der Waals surface area contributed by atoms with Gasteiger partial charge in [0.05, 0.1) is 23.5 Å². The van der Waals surface area contributed by atoms with Gasteiger partial charge in [0.2, 0.25) is 0 Å². The number of pyridine rings is 1. The highest BCUT2D eigenvalue weighted by molar-refractivity contribution is 7.92. The second kappa shape index (κ2) is 5.59. The van der Waals surface area contributed by atoms with Crippen LogP contribution in [0.5, 0.6) is 0 Å². The standard InChI is InChI=1S/C15H17N5O3S/c1-2-13-12-7-11(8-16-15(12)23-18-13)24(21,22)19-14-5-6-17-20(14)9-10-3-4-10/h5-8,10,19H,2-4,9H2,1H3. The number of aromatic nitrogens is 4. The van der Waals surface area contributed by atoms with Crippen molar-refractivity contribution in [2.24, 2.45) is 5.92 Å². The van der Waals surface area contributed by atoms with Crippen LogP contribution in [0.25, 0.3) is 11.1 Å². The van der Waals surface area contributed by atoms with Gasteiger partial charge in [0.15, 0.2) is 0 Å². The SMILES string of the molecule is CCc1noc2ncc(S(=O)(=O)Nc3ccnn3CC3CC3)cc12. The van der Waals surface area contributed by atoms with Gasteiger partial charge in [-0.15, -0.1) is 0 Å². The lowest BCUT2D eigenvalue weighted by atomic mass is 10.2. The van der Waals surface area contributed by atoms with Gasteiger partial charge in [-0.25, -0.2) is 18.1 Å². The Kier molecular flexibility index (Phi) is 3.52. The molecule has 1 aliphatic carbocycles. The molecule has 126 valence electrons. The fraction of sp³-hybridized carbons (Fsp3) is 0.400. The smallest absolute Gasteiger partial charge is 0.264 e. The molecule has 1 saturated carbocycles. The third-order valence-corrected chi connectivity index (χ3v) is 5.43. The first kappa shape index (κ1) is 15.1. The summed E-state index contributed by atoms with van der Waals surface area (Å²) in [7, 11) is -3.76. The Labute approximate surface area is 138 Å². The summed E-state index contributed by atoms with van der Waals surface area (Å²) in [5.74, 6) is 1.05. The van der Waals surface area contributed by atoms with Crippen molar-refractivity contribution in [3.63, 3.8) is 0 Å². The van der Waals surface area contributed by atoms with Crippen molar-refractivity contribution in [3.05, 3.63) is 30.2 Å². The molecular formula is C15H17N5O3S. The van der Waals surface area contributed by atoms with Crippen LogP contribution in [0.3, 0.4) is 0 Å². The number of hydrogen-bond donors (Lipinski definition) is 1. The number of rotatable bonds is 6. The molecule has 3 aromatic heterocycles. The molecule has 0 bridgehead atoms. The van der Waals surface area contributed by atoms with Crippen molar-refractivity contribution >= 4 is 26.9 Å². The summed E-state index contributed by atoms with van der Waals surface area (Å²) in [5, 5.41) is 8.71. The van der Waals surface area contributed by atoms with E-state index in [1.807, 2.05) is 6.92 Å². The molecule has 1 aliphatic rings. The predicted molar refractivity (Wildman–Crippen MR) is 86.9 cm³/mol. The second-order valence-electron chi connectivity index (χ2n) is 5.95. The Morgan fingerprint density at radius 3 is 3.00 bits per heavy atom. The topological polar surface area (TPSA) is 103 Å². The Bertz CT molecular complexity index is 988. The van der Waals surface area contributed by atoms with Crippen molar-refractivity contribution in [2.45, 2.75) is 37.6 Å². The lowest BCUT2D eigenvalue weighted by molar-refractivity contribution is 0.439. The van der Waals surface area contributed by atoms with Gasteiger partial charge in [0.25, 0.3) is 15.7 Å². The van der Waals surface area contributed by atoms with Gasteiger partial charge in [0, 0.05) is 12.6 Å². The normalized spacial score (nSPS) is 15.0. The summed E-state index contributed by atoms with van der Waals surface area (Å²) in [6.07, 6.45) is 5.84. The van der Waals surface area contributed by atoms with E-state index in [4.69, 9.17) is 4.52 Å². The number of nitrogens with one attached hydrogen (secondary N) is 1. The molecule has 0 unspecified atom stereocenters. The highest BCUT2D eigenvalue weighted by atomic mass is 32.2. The zero-order valence-corrected chi connectivity index (χ0v) is 14.0. The minimum absolute atomic E-state index is 0.0760. The van der Waals surface area contributed by atoms with Gasteiger partial charge in [-0.2, -0.15) is 5.10 Å². The van der Waals surface area contributed by atoms with Crippen LogP contribution in [0.4, 0.5) is 5.82 Å². The molecule has 4 rings (SSSR count). The van der Waals surface area contributed by atoms with Crippen molar-refractivity contribution in [3.8, 4) is 0 Å². The molecule has 3 aromatic rings. The molecule has 3 heterocycles. The molecule has 1 N–H and O–H groups in total. The summed E-state index contributed by atoms with van der Waals surface area (Å²) in [4.78, 5) is 4.13. The van der Waals surface area contributed by atoms with Crippen molar-refractivity contribution in [2.75, 3.05) is 4.72 Å². The van der Waals surface area contributed by atoms with Gasteiger partial charge in [0.1, 0.15) is 10.7 Å². The van der Waals surface area contributed by atoms with Crippen LogP contribution in [-0.4, -0.2) is 28.3 Å². The Morgan fingerprint density at radius 2 is 2.25 bits per heavy atom. The summed E-state index contributed by atoms with van der Waals surface area (Å²) < 4.78 is 34.7. The van der Waals surface area contributed by atoms with E-state index in [2.05, 4.69) is 20.0 Å². The molecule has 0 aromatic carbocycles. The summed E-state index contributed by atoms with van der Waals surface area (Å²) in [6, 6.07) is 3.20. The van der Waals surface area contributed by atoms with Crippen LogP contribution < -0.4 is 4.72 Å². The molecular weight excluding hydrogens is 330 g/mol. The number of sulfonamides is 1. The molecule has 8 nitrogen and oxygen atoms in total. The van der Waals surface area contributed by atoms with Gasteiger partial charge in [-0.1, -0.05) is 12.1 Å². The fourth-order valence-electron chi connectivity index (χ4n) is 2.57. The number of fused-ring (bicyclic) bond motifs is 1. The van der Waals surface area contributed by atoms with E-state index >= 15 is 0 Å². The maximum Gasteiger partial charge on any atom is 0.264 e. The second-order valence-corrected chi connectivity index (χ2v) is 7.64. The van der Waals surface area contributed by atoms with E-state index in [1.54, 1.807) is 23.0 Å². The monoisotopic (exact) mass is 347 g/mol. The van der Waals surface area contributed by atoms with E-state index in [-0.39, 0.29) is 4.90 Å². The Morgan fingerprint density at radius 1 is 1.42 bits per heavy atom. The van der Waals surface area contributed by atoms with E-state index in [0.717, 1.165) is 6.54 Å². The average molecular weight is 347 g/mol. The fourth-order valence-corrected chi connectivity index (χ4v) is 3.60. The Hall–Kier alpha value is -2.42. The molecule has 24 heavy (non-hydrogen) atoms. The highest BCUT2D eigenvalue weighted by Crippen LogP contribution is 2.31. The van der Waals surface area contributed by atoms with Gasteiger partial charge in [-0.3, -0.25) is 4.72 Å². The minimum Gasteiger partial charge on any atom is -0.336 e. The van der Waals surface area contributed by atoms with Crippen LogP contribution in [0.1, 0.15) is 25.5 Å². The largest absolute Gasteiger partial charge is 0.336 e. The minimum atomic E-state index is -3.76. The molecule has 1 fully saturated rings. The van der Waals surface area contributed by atoms with Crippen LogP contribution >= 0.6 is 0 Å². The van der Waals surface area contributed by atoms with E-state index in [0.29, 0.717) is 35.0 Å². The van der Waals surface area contributed by atoms with Crippen LogP contribution in [-0.2, 0) is 23.0 Å². The van der Waals surface area contributed by atoms with Crippen LogP contribution in [0.15, 0.2) is 33.9 Å². The predicted octanol–water partition coefficient (Wildman–Crippen LogP) is 2.19. The van der Waals surface area contributed by atoms with E-state index in [9.17, 15) is 8.42 Å². The lowest BCUT2D eigenvalue weighted by Gasteiger charge is -2.10. The third kappa shape index (κ3) is 2.75. The molecule has 0 spiro atoms. The number of anilines is 1. The number of aryl methyl sites for hydroxylation is 1. The van der Waals surface area contributed by atoms with Gasteiger partial charge < -0.3 is 4.52 Å². The molecule has 0 atom stereocenters. The lowest BCUT2D eigenvalue weighted by Crippen LogP contribution is -2.17. The molecule has 0 amide bonds. The number of hydrogen-bond acceptors (Lipinski definition) is 6. The van der Waals surface area contributed by atoms with Crippen LogP contribution in [0, 0.1) is 5.92 Å². The maximum atomic E-state index is 12.7. The van der Waals surface area contributed by atoms with Gasteiger partial charge >= 0.3 is 0 Å². The van der Waals surface area contributed by atoms with E-state index < -0.39 is 10.0 Å². The molecule has 0 radical (unpaired) electrons. The summed E-state index contributed by atoms with van der Waals surface area (Å²) in [5.41, 5.74) is 1.03. The van der Waals surface area contributed by atoms with Crippen molar-refractivity contribution < 1.29 is 12.9 Å². The van der Waals surface area contributed by atoms with Crippen molar-refractivity contribution in [1.82, 2.24) is 19.9 Å². The van der Waals surface area contributed by atoms with Gasteiger partial charge in [-0.05, 0) is 31.2 Å². The average Bonchev–Trinajstić information content (AvgIpc) is 3.13. The van der Waals surface area contributed by atoms with Crippen LogP contribution in [0.2, 0.25) is 0 Å². The first-order valence-electron chi connectivity index (χ1n) is 7.86. The summed E-state index contributed by atoms with van der Waals surface area (Å²) in [6.45, 7) is 2.65. The molecule has 0 saturated heterocycles. The zero-order chi connectivity index (χ0) is 16.7. The zero-order valence-electron chi connectivity index (χ0n) is 13.1. The third-order valence-electron chi connectivity index (χ3n) is 4.11. The first-order valence-corrected chi connectivity index (χ1v) is 9.34. The summed E-state index contributed by atoms with van der Waals surface area (Å²) >= 11 is 0. The van der Waals surface area contributed by atoms with E-state index in [1.165, 1.54) is 19.0 Å². The highest BCUT2D eigenvalue weighted by Gasteiger charge is 2.24. The number of nitrogens with zero attached hydrogens (tertiary/aromatic N) is 4. The van der Waals surface area contributed by atoms with Crippen molar-refractivity contribution in [1.29, 1.82) is 0 Å².